The fourth-order valence-electron chi connectivity index (χ4n) is 0.990. The topological polar surface area (TPSA) is 66.6 Å². The summed E-state index contributed by atoms with van der Waals surface area (Å²) in [6.07, 6.45) is 1.24. The van der Waals surface area contributed by atoms with Gasteiger partial charge in [-0.2, -0.15) is 0 Å². The number of carbonyl (C=O) groups excluding carboxylic acids is 1. The summed E-state index contributed by atoms with van der Waals surface area (Å²) in [5.74, 6) is -0.0330. The SMILES string of the molecule is Cc1ncoc1C(=O)N(C)C(C)CO. The van der Waals surface area contributed by atoms with Gasteiger partial charge in [0.1, 0.15) is 0 Å². The first-order valence-electron chi connectivity index (χ1n) is 4.36. The molecule has 0 saturated heterocycles. The van der Waals surface area contributed by atoms with Gasteiger partial charge in [-0.3, -0.25) is 4.79 Å². The van der Waals surface area contributed by atoms with Gasteiger partial charge in [0, 0.05) is 7.05 Å². The normalized spacial score (nSPS) is 12.6. The number of amides is 1. The van der Waals surface area contributed by atoms with E-state index >= 15 is 0 Å². The number of aryl methyl sites for hydroxylation is 1. The lowest BCUT2D eigenvalue weighted by atomic mass is 10.2. The van der Waals surface area contributed by atoms with E-state index in [-0.39, 0.29) is 24.3 Å². The van der Waals surface area contributed by atoms with E-state index in [1.165, 1.54) is 11.3 Å². The summed E-state index contributed by atoms with van der Waals surface area (Å²) >= 11 is 0. The second-order valence-corrected chi connectivity index (χ2v) is 3.21. The van der Waals surface area contributed by atoms with Gasteiger partial charge in [0.15, 0.2) is 6.39 Å². The van der Waals surface area contributed by atoms with Crippen LogP contribution in [0, 0.1) is 6.92 Å². The fourth-order valence-corrected chi connectivity index (χ4v) is 0.990. The molecule has 0 aliphatic rings. The minimum absolute atomic E-state index is 0.0740. The Bertz CT molecular complexity index is 322. The molecule has 5 heteroatoms. The number of nitrogens with zero attached hydrogens (tertiary/aromatic N) is 2. The van der Waals surface area contributed by atoms with Crippen molar-refractivity contribution in [3.8, 4) is 0 Å². The van der Waals surface area contributed by atoms with Crippen LogP contribution in [0.15, 0.2) is 10.8 Å². The number of aliphatic hydroxyl groups excluding tert-OH is 1. The maximum atomic E-state index is 11.7. The molecule has 1 aromatic rings. The molecule has 0 saturated carbocycles. The third-order valence-electron chi connectivity index (χ3n) is 2.19. The van der Waals surface area contributed by atoms with Crippen LogP contribution < -0.4 is 0 Å². The van der Waals surface area contributed by atoms with Crippen molar-refractivity contribution < 1.29 is 14.3 Å². The quantitative estimate of drug-likeness (QED) is 0.765. The maximum absolute atomic E-state index is 11.7. The van der Waals surface area contributed by atoms with Crippen molar-refractivity contribution in [3.63, 3.8) is 0 Å². The predicted octanol–water partition coefficient (Wildman–Crippen LogP) is 0.436. The molecule has 1 unspecified atom stereocenters. The number of hydrogen-bond donors (Lipinski definition) is 1. The van der Waals surface area contributed by atoms with Crippen LogP contribution in [-0.4, -0.2) is 40.6 Å². The highest BCUT2D eigenvalue weighted by Crippen LogP contribution is 2.09. The van der Waals surface area contributed by atoms with Gasteiger partial charge in [0.25, 0.3) is 5.91 Å². The van der Waals surface area contributed by atoms with Crippen molar-refractivity contribution >= 4 is 5.91 Å². The second-order valence-electron chi connectivity index (χ2n) is 3.21. The summed E-state index contributed by atoms with van der Waals surface area (Å²) in [6, 6.07) is -0.230. The first-order chi connectivity index (χ1) is 6.57. The van der Waals surface area contributed by atoms with Crippen LogP contribution in [-0.2, 0) is 0 Å². The Labute approximate surface area is 82.4 Å². The van der Waals surface area contributed by atoms with E-state index < -0.39 is 0 Å². The van der Waals surface area contributed by atoms with Crippen LogP contribution >= 0.6 is 0 Å². The second kappa shape index (κ2) is 4.23. The van der Waals surface area contributed by atoms with Gasteiger partial charge in [0.05, 0.1) is 18.3 Å². The zero-order valence-electron chi connectivity index (χ0n) is 8.52. The third kappa shape index (κ3) is 1.93. The third-order valence-corrected chi connectivity index (χ3v) is 2.19. The molecule has 1 atom stereocenters. The van der Waals surface area contributed by atoms with Crippen molar-refractivity contribution in [1.29, 1.82) is 0 Å². The number of likely N-dealkylation sites (N-methyl/N-ethyl adjacent to an activating group) is 1. The largest absolute Gasteiger partial charge is 0.438 e. The summed E-state index contributed by atoms with van der Waals surface area (Å²) in [7, 11) is 1.62. The van der Waals surface area contributed by atoms with Gasteiger partial charge in [-0.05, 0) is 13.8 Å². The molecule has 1 heterocycles. The Balaban J connectivity index is 2.81. The number of hydrogen-bond acceptors (Lipinski definition) is 4. The van der Waals surface area contributed by atoms with Crippen molar-refractivity contribution in [1.82, 2.24) is 9.88 Å². The van der Waals surface area contributed by atoms with E-state index in [1.807, 2.05) is 0 Å². The number of rotatable bonds is 3. The molecule has 0 aromatic carbocycles. The first kappa shape index (κ1) is 10.7. The average molecular weight is 198 g/mol. The number of aromatic nitrogens is 1. The van der Waals surface area contributed by atoms with Crippen LogP contribution in [0.1, 0.15) is 23.2 Å². The Morgan fingerprint density at radius 2 is 2.43 bits per heavy atom. The Morgan fingerprint density at radius 1 is 1.79 bits per heavy atom. The molecule has 14 heavy (non-hydrogen) atoms. The lowest BCUT2D eigenvalue weighted by Gasteiger charge is -2.21. The van der Waals surface area contributed by atoms with E-state index in [2.05, 4.69) is 4.98 Å². The molecule has 0 fully saturated rings. The van der Waals surface area contributed by atoms with Gasteiger partial charge in [0.2, 0.25) is 5.76 Å². The van der Waals surface area contributed by atoms with E-state index in [9.17, 15) is 4.79 Å². The van der Waals surface area contributed by atoms with Gasteiger partial charge in [-0.25, -0.2) is 4.98 Å². The number of aliphatic hydroxyl groups is 1. The minimum Gasteiger partial charge on any atom is -0.438 e. The van der Waals surface area contributed by atoms with Crippen molar-refractivity contribution in [2.24, 2.45) is 0 Å². The van der Waals surface area contributed by atoms with Gasteiger partial charge in [-0.15, -0.1) is 0 Å². The van der Waals surface area contributed by atoms with E-state index in [4.69, 9.17) is 9.52 Å². The molecule has 0 aliphatic carbocycles. The lowest BCUT2D eigenvalue weighted by molar-refractivity contribution is 0.0650. The van der Waals surface area contributed by atoms with Crippen molar-refractivity contribution in [2.45, 2.75) is 19.9 Å². The molecule has 1 aromatic heterocycles. The molecule has 0 spiro atoms. The predicted molar refractivity (Wildman–Crippen MR) is 49.9 cm³/mol. The first-order valence-corrected chi connectivity index (χ1v) is 4.36. The zero-order chi connectivity index (χ0) is 10.7. The Kier molecular flexibility index (Phi) is 3.24. The summed E-state index contributed by atoms with van der Waals surface area (Å²) in [4.78, 5) is 17.0. The van der Waals surface area contributed by atoms with Crippen molar-refractivity contribution in [3.05, 3.63) is 17.8 Å². The summed E-state index contributed by atoms with van der Waals surface area (Å²) in [5.41, 5.74) is 0.562. The molecule has 1 N–H and O–H groups in total. The molecule has 78 valence electrons. The van der Waals surface area contributed by atoms with Crippen LogP contribution in [0.2, 0.25) is 0 Å². The molecular formula is C9H14N2O3. The highest BCUT2D eigenvalue weighted by atomic mass is 16.3. The molecule has 0 aliphatic heterocycles. The van der Waals surface area contributed by atoms with Crippen LogP contribution in [0.3, 0.4) is 0 Å². The molecular weight excluding hydrogens is 184 g/mol. The van der Waals surface area contributed by atoms with Gasteiger partial charge < -0.3 is 14.4 Å². The Morgan fingerprint density at radius 3 is 2.86 bits per heavy atom. The fraction of sp³-hybridized carbons (Fsp3) is 0.556. The smallest absolute Gasteiger partial charge is 0.291 e. The average Bonchev–Trinajstić information content (AvgIpc) is 2.61. The standard InChI is InChI=1S/C9H14N2O3/c1-6(4-12)11(3)9(13)8-7(2)10-5-14-8/h5-6,12H,4H2,1-3H3. The summed E-state index contributed by atoms with van der Waals surface area (Å²) in [6.45, 7) is 3.38. The highest BCUT2D eigenvalue weighted by molar-refractivity contribution is 5.92. The van der Waals surface area contributed by atoms with E-state index in [0.29, 0.717) is 5.69 Å². The van der Waals surface area contributed by atoms with E-state index in [1.54, 1.807) is 20.9 Å². The van der Waals surface area contributed by atoms with Crippen LogP contribution in [0.25, 0.3) is 0 Å². The highest BCUT2D eigenvalue weighted by Gasteiger charge is 2.21. The molecule has 1 amide bonds. The van der Waals surface area contributed by atoms with Crippen LogP contribution in [0.4, 0.5) is 0 Å². The molecule has 1 rings (SSSR count). The summed E-state index contributed by atoms with van der Waals surface area (Å²) < 4.78 is 4.96. The molecule has 5 nitrogen and oxygen atoms in total. The Hall–Kier alpha value is -1.36. The van der Waals surface area contributed by atoms with Crippen molar-refractivity contribution in [2.75, 3.05) is 13.7 Å². The maximum Gasteiger partial charge on any atom is 0.291 e. The summed E-state index contributed by atoms with van der Waals surface area (Å²) in [5, 5.41) is 8.88. The molecule has 0 bridgehead atoms. The zero-order valence-corrected chi connectivity index (χ0v) is 8.52. The van der Waals surface area contributed by atoms with E-state index in [0.717, 1.165) is 0 Å². The van der Waals surface area contributed by atoms with Crippen LogP contribution in [0.5, 0.6) is 0 Å². The molecule has 0 radical (unpaired) electrons. The van der Waals surface area contributed by atoms with Gasteiger partial charge in [-0.1, -0.05) is 0 Å². The monoisotopic (exact) mass is 198 g/mol. The number of carbonyl (C=O) groups is 1. The van der Waals surface area contributed by atoms with Gasteiger partial charge >= 0.3 is 0 Å². The minimum atomic E-state index is -0.262. The lowest BCUT2D eigenvalue weighted by Crippen LogP contribution is -2.37. The number of oxazole rings is 1.